The Balaban J connectivity index is 2.25. The normalized spacial score (nSPS) is 12.0. The molecule has 0 radical (unpaired) electrons. The summed E-state index contributed by atoms with van der Waals surface area (Å²) in [7, 11) is 0. The first kappa shape index (κ1) is 11.1. The van der Waals surface area contributed by atoms with Crippen molar-refractivity contribution < 1.29 is 13.2 Å². The van der Waals surface area contributed by atoms with Gasteiger partial charge >= 0.3 is 6.18 Å². The molecule has 0 unspecified atom stereocenters. The van der Waals surface area contributed by atoms with E-state index in [0.717, 1.165) is 15.8 Å². The third-order valence-corrected chi connectivity index (χ3v) is 2.67. The molecule has 8 heteroatoms. The van der Waals surface area contributed by atoms with Gasteiger partial charge in [-0.2, -0.15) is 13.2 Å². The molecular formula is C8H7F3N4S. The summed E-state index contributed by atoms with van der Waals surface area (Å²) in [6.07, 6.45) is -2.04. The molecule has 0 aliphatic rings. The molecule has 0 aliphatic heterocycles. The van der Waals surface area contributed by atoms with E-state index >= 15 is 0 Å². The van der Waals surface area contributed by atoms with Gasteiger partial charge in [-0.25, -0.2) is 4.98 Å². The molecule has 0 spiro atoms. The van der Waals surface area contributed by atoms with E-state index in [1.165, 1.54) is 17.5 Å². The van der Waals surface area contributed by atoms with Gasteiger partial charge in [-0.3, -0.25) is 0 Å². The highest BCUT2D eigenvalue weighted by Crippen LogP contribution is 2.28. The molecule has 2 rings (SSSR count). The van der Waals surface area contributed by atoms with E-state index in [1.807, 2.05) is 0 Å². The Morgan fingerprint density at radius 2 is 2.12 bits per heavy atom. The fourth-order valence-electron chi connectivity index (χ4n) is 1.24. The van der Waals surface area contributed by atoms with Gasteiger partial charge in [-0.05, 0) is 6.92 Å². The quantitative estimate of drug-likeness (QED) is 0.817. The first-order valence-electron chi connectivity index (χ1n) is 4.34. The predicted octanol–water partition coefficient (Wildman–Crippen LogP) is 2.11. The number of halogens is 3. The van der Waals surface area contributed by atoms with Crippen LogP contribution in [0.1, 0.15) is 15.8 Å². The molecule has 0 amide bonds. The highest BCUT2D eigenvalue weighted by Gasteiger charge is 2.36. The third kappa shape index (κ3) is 2.21. The van der Waals surface area contributed by atoms with Crippen LogP contribution < -0.4 is 0 Å². The third-order valence-electron chi connectivity index (χ3n) is 1.84. The summed E-state index contributed by atoms with van der Waals surface area (Å²) in [4.78, 5) is 3.28. The second-order valence-electron chi connectivity index (χ2n) is 3.09. The topological polar surface area (TPSA) is 43.6 Å². The Morgan fingerprint density at radius 3 is 2.69 bits per heavy atom. The van der Waals surface area contributed by atoms with Crippen LogP contribution >= 0.6 is 11.3 Å². The van der Waals surface area contributed by atoms with Crippen LogP contribution in [0.5, 0.6) is 0 Å². The number of hydrogen-bond acceptors (Lipinski definition) is 4. The standard InChI is InChI=1S/C8H7F3N4S/c1-5-13-14-6(16-5)4-15-3-2-12-7(15)8(9,10)11/h2-3H,4H2,1H3. The van der Waals surface area contributed by atoms with Gasteiger partial charge in [0.15, 0.2) is 0 Å². The second-order valence-corrected chi connectivity index (χ2v) is 4.36. The maximum atomic E-state index is 12.5. The number of alkyl halides is 3. The van der Waals surface area contributed by atoms with Gasteiger partial charge in [0, 0.05) is 12.4 Å². The molecule has 0 aliphatic carbocycles. The summed E-state index contributed by atoms with van der Waals surface area (Å²) in [6.45, 7) is 1.79. The van der Waals surface area contributed by atoms with Crippen LogP contribution in [0.15, 0.2) is 12.4 Å². The number of aryl methyl sites for hydroxylation is 1. The molecule has 0 aromatic carbocycles. The van der Waals surface area contributed by atoms with Crippen LogP contribution in [0.4, 0.5) is 13.2 Å². The van der Waals surface area contributed by atoms with Crippen LogP contribution in [0, 0.1) is 6.92 Å². The highest BCUT2D eigenvalue weighted by molar-refractivity contribution is 7.11. The van der Waals surface area contributed by atoms with Crippen molar-refractivity contribution >= 4 is 11.3 Å². The van der Waals surface area contributed by atoms with E-state index in [2.05, 4.69) is 15.2 Å². The average Bonchev–Trinajstić information content (AvgIpc) is 2.74. The van der Waals surface area contributed by atoms with Gasteiger partial charge in [0.25, 0.3) is 0 Å². The Bertz CT molecular complexity index is 487. The largest absolute Gasteiger partial charge is 0.449 e. The fourth-order valence-corrected chi connectivity index (χ4v) is 1.95. The van der Waals surface area contributed by atoms with Gasteiger partial charge in [-0.15, -0.1) is 10.2 Å². The van der Waals surface area contributed by atoms with Crippen LogP contribution in [0.2, 0.25) is 0 Å². The van der Waals surface area contributed by atoms with Crippen molar-refractivity contribution in [3.63, 3.8) is 0 Å². The highest BCUT2D eigenvalue weighted by atomic mass is 32.1. The zero-order valence-corrected chi connectivity index (χ0v) is 9.01. The molecule has 0 fully saturated rings. The lowest BCUT2D eigenvalue weighted by atomic mass is 10.5. The van der Waals surface area contributed by atoms with Crippen molar-refractivity contribution in [3.8, 4) is 0 Å². The van der Waals surface area contributed by atoms with Crippen LogP contribution in [0.3, 0.4) is 0 Å². The lowest BCUT2D eigenvalue weighted by Gasteiger charge is -2.08. The fraction of sp³-hybridized carbons (Fsp3) is 0.375. The molecule has 86 valence electrons. The molecule has 2 heterocycles. The number of aromatic nitrogens is 4. The summed E-state index contributed by atoms with van der Waals surface area (Å²) in [5, 5.41) is 8.76. The van der Waals surface area contributed by atoms with Crippen molar-refractivity contribution in [2.45, 2.75) is 19.6 Å². The maximum Gasteiger partial charge on any atom is 0.449 e. The minimum atomic E-state index is -4.44. The summed E-state index contributed by atoms with van der Waals surface area (Å²) in [6, 6.07) is 0. The van der Waals surface area contributed by atoms with Gasteiger partial charge in [0.1, 0.15) is 10.0 Å². The van der Waals surface area contributed by atoms with Crippen molar-refractivity contribution in [3.05, 3.63) is 28.2 Å². The maximum absolute atomic E-state index is 12.5. The van der Waals surface area contributed by atoms with E-state index in [-0.39, 0.29) is 6.54 Å². The van der Waals surface area contributed by atoms with Gasteiger partial charge in [0.2, 0.25) is 5.82 Å². The Hall–Kier alpha value is -1.44. The molecule has 0 saturated carbocycles. The Labute approximate surface area is 92.8 Å². The van der Waals surface area contributed by atoms with Crippen LogP contribution in [-0.2, 0) is 12.7 Å². The molecule has 16 heavy (non-hydrogen) atoms. The molecule has 0 bridgehead atoms. The minimum Gasteiger partial charge on any atom is -0.320 e. The summed E-state index contributed by atoms with van der Waals surface area (Å²) < 4.78 is 38.4. The van der Waals surface area contributed by atoms with E-state index in [9.17, 15) is 13.2 Å². The summed E-state index contributed by atoms with van der Waals surface area (Å²) in [5.41, 5.74) is 0. The van der Waals surface area contributed by atoms with Gasteiger partial charge in [-0.1, -0.05) is 11.3 Å². The number of imidazole rings is 1. The van der Waals surface area contributed by atoms with E-state index in [0.29, 0.717) is 5.01 Å². The van der Waals surface area contributed by atoms with Crippen molar-refractivity contribution in [2.24, 2.45) is 0 Å². The molecular weight excluding hydrogens is 241 g/mol. The predicted molar refractivity (Wildman–Crippen MR) is 51.0 cm³/mol. The lowest BCUT2D eigenvalue weighted by molar-refractivity contribution is -0.147. The Morgan fingerprint density at radius 1 is 1.38 bits per heavy atom. The van der Waals surface area contributed by atoms with E-state index < -0.39 is 12.0 Å². The lowest BCUT2D eigenvalue weighted by Crippen LogP contribution is -2.15. The SMILES string of the molecule is Cc1nnc(Cn2ccnc2C(F)(F)F)s1. The molecule has 0 N–H and O–H groups in total. The van der Waals surface area contributed by atoms with E-state index in [4.69, 9.17) is 0 Å². The number of rotatable bonds is 2. The first-order valence-corrected chi connectivity index (χ1v) is 5.16. The zero-order valence-electron chi connectivity index (χ0n) is 8.19. The van der Waals surface area contributed by atoms with Crippen molar-refractivity contribution in [2.75, 3.05) is 0 Å². The molecule has 0 atom stereocenters. The second kappa shape index (κ2) is 3.85. The smallest absolute Gasteiger partial charge is 0.320 e. The van der Waals surface area contributed by atoms with Crippen LogP contribution in [-0.4, -0.2) is 19.7 Å². The molecule has 4 nitrogen and oxygen atoms in total. The van der Waals surface area contributed by atoms with Crippen molar-refractivity contribution in [1.29, 1.82) is 0 Å². The molecule has 0 saturated heterocycles. The number of hydrogen-bond donors (Lipinski definition) is 0. The first-order chi connectivity index (χ1) is 7.47. The van der Waals surface area contributed by atoms with Crippen molar-refractivity contribution in [1.82, 2.24) is 19.7 Å². The number of nitrogens with zero attached hydrogens (tertiary/aromatic N) is 4. The van der Waals surface area contributed by atoms with Gasteiger partial charge < -0.3 is 4.57 Å². The van der Waals surface area contributed by atoms with Crippen LogP contribution in [0.25, 0.3) is 0 Å². The monoisotopic (exact) mass is 248 g/mol. The zero-order chi connectivity index (χ0) is 11.8. The summed E-state index contributed by atoms with van der Waals surface area (Å²) in [5.74, 6) is -0.916. The molecule has 2 aromatic rings. The summed E-state index contributed by atoms with van der Waals surface area (Å²) >= 11 is 1.27. The average molecular weight is 248 g/mol. The Kier molecular flexibility index (Phi) is 2.66. The van der Waals surface area contributed by atoms with E-state index in [1.54, 1.807) is 6.92 Å². The van der Waals surface area contributed by atoms with Gasteiger partial charge in [0.05, 0.1) is 6.54 Å². The minimum absolute atomic E-state index is 0.0420. The molecule has 2 aromatic heterocycles.